The maximum Gasteiger partial charge on any atom is 0.167 e. The molecule has 1 aliphatic heterocycles. The van der Waals surface area contributed by atoms with Crippen LogP contribution in [-0.4, -0.2) is 36.0 Å². The Bertz CT molecular complexity index is 762. The van der Waals surface area contributed by atoms with Gasteiger partial charge < -0.3 is 9.84 Å². The van der Waals surface area contributed by atoms with Crippen LogP contribution in [0.2, 0.25) is 5.02 Å². The molecule has 0 radical (unpaired) electrons. The molecular formula is C20H22ClNO3. The van der Waals surface area contributed by atoms with Gasteiger partial charge in [0.05, 0.1) is 7.11 Å². The van der Waals surface area contributed by atoms with E-state index in [1.807, 2.05) is 18.2 Å². The largest absolute Gasteiger partial charge is 0.507 e. The Morgan fingerprint density at radius 1 is 1.32 bits per heavy atom. The van der Waals surface area contributed by atoms with Crippen LogP contribution >= 0.6 is 11.6 Å². The number of hydrogen-bond acceptors (Lipinski definition) is 4. The molecule has 1 unspecified atom stereocenters. The van der Waals surface area contributed by atoms with Gasteiger partial charge in [0, 0.05) is 35.2 Å². The van der Waals surface area contributed by atoms with E-state index in [-0.39, 0.29) is 17.5 Å². The van der Waals surface area contributed by atoms with Gasteiger partial charge in [-0.3, -0.25) is 9.69 Å². The average molecular weight is 360 g/mol. The molecule has 5 heteroatoms. The molecule has 3 rings (SSSR count). The number of likely N-dealkylation sites (tertiary alicyclic amines) is 1. The Morgan fingerprint density at radius 2 is 2.12 bits per heavy atom. The second-order valence-electron chi connectivity index (χ2n) is 6.41. The molecule has 2 aromatic rings. The Morgan fingerprint density at radius 3 is 2.88 bits per heavy atom. The number of nitrogens with zero attached hydrogens (tertiary/aromatic N) is 1. The molecule has 1 N–H and O–H groups in total. The van der Waals surface area contributed by atoms with Gasteiger partial charge in [-0.15, -0.1) is 0 Å². The average Bonchev–Trinajstić information content (AvgIpc) is 2.63. The Hall–Kier alpha value is -2.04. The van der Waals surface area contributed by atoms with E-state index < -0.39 is 0 Å². The predicted octanol–water partition coefficient (Wildman–Crippen LogP) is 4.15. The number of aromatic hydroxyl groups is 1. The predicted molar refractivity (Wildman–Crippen MR) is 98.4 cm³/mol. The molecule has 0 aromatic heterocycles. The van der Waals surface area contributed by atoms with Crippen molar-refractivity contribution < 1.29 is 14.6 Å². The van der Waals surface area contributed by atoms with Gasteiger partial charge in [0.25, 0.3) is 0 Å². The molecule has 1 fully saturated rings. The number of methoxy groups -OCH3 is 1. The van der Waals surface area contributed by atoms with Crippen molar-refractivity contribution in [2.24, 2.45) is 5.92 Å². The second kappa shape index (κ2) is 7.89. The van der Waals surface area contributed by atoms with E-state index in [0.29, 0.717) is 29.4 Å². The summed E-state index contributed by atoms with van der Waals surface area (Å²) < 4.78 is 5.36. The van der Waals surface area contributed by atoms with Crippen molar-refractivity contribution in [1.82, 2.24) is 4.90 Å². The minimum atomic E-state index is -0.0518. The highest BCUT2D eigenvalue weighted by Gasteiger charge is 2.27. The van der Waals surface area contributed by atoms with Gasteiger partial charge in [-0.25, -0.2) is 0 Å². The fourth-order valence-electron chi connectivity index (χ4n) is 3.42. The molecule has 0 spiro atoms. The highest BCUT2D eigenvalue weighted by atomic mass is 35.5. The van der Waals surface area contributed by atoms with E-state index in [1.54, 1.807) is 31.4 Å². The summed E-state index contributed by atoms with van der Waals surface area (Å²) in [7, 11) is 1.60. The van der Waals surface area contributed by atoms with Crippen molar-refractivity contribution in [2.75, 3.05) is 20.2 Å². The first-order chi connectivity index (χ1) is 12.1. The van der Waals surface area contributed by atoms with Gasteiger partial charge >= 0.3 is 0 Å². The van der Waals surface area contributed by atoms with Crippen LogP contribution in [0.15, 0.2) is 42.5 Å². The highest BCUT2D eigenvalue weighted by Crippen LogP contribution is 2.31. The third kappa shape index (κ3) is 4.14. The molecule has 1 atom stereocenters. The number of phenolic OH excluding ortho intramolecular Hbond substituents is 1. The van der Waals surface area contributed by atoms with Gasteiger partial charge in [0.15, 0.2) is 5.78 Å². The number of hydrogen-bond donors (Lipinski definition) is 1. The van der Waals surface area contributed by atoms with Gasteiger partial charge in [-0.05, 0) is 43.7 Å². The first-order valence-corrected chi connectivity index (χ1v) is 8.83. The first-order valence-electron chi connectivity index (χ1n) is 8.45. The fourth-order valence-corrected chi connectivity index (χ4v) is 3.61. The summed E-state index contributed by atoms with van der Waals surface area (Å²) in [6.45, 7) is 2.13. The summed E-state index contributed by atoms with van der Waals surface area (Å²) in [6.07, 6.45) is 1.83. The summed E-state index contributed by atoms with van der Waals surface area (Å²) in [6, 6.07) is 12.4. The number of rotatable bonds is 5. The number of carbonyl (C=O) groups is 1. The number of ether oxygens (including phenoxy) is 1. The quantitative estimate of drug-likeness (QED) is 0.815. The number of benzene rings is 2. The topological polar surface area (TPSA) is 49.8 Å². The van der Waals surface area contributed by atoms with E-state index in [4.69, 9.17) is 16.3 Å². The van der Waals surface area contributed by atoms with Crippen LogP contribution < -0.4 is 4.74 Å². The molecule has 0 bridgehead atoms. The van der Waals surface area contributed by atoms with Crippen LogP contribution in [0.3, 0.4) is 0 Å². The van der Waals surface area contributed by atoms with Crippen molar-refractivity contribution in [3.8, 4) is 11.5 Å². The standard InChI is InChI=1S/C20H22ClNO3/c1-25-19-9-3-8-18(23)17(19)13-22-10-4-6-15(12-22)20(24)14-5-2-7-16(21)11-14/h2-3,5,7-9,11,15,23H,4,6,10,12-13H2,1H3. The summed E-state index contributed by atoms with van der Waals surface area (Å²) in [5.41, 5.74) is 1.43. The minimum absolute atomic E-state index is 0.0518. The van der Waals surface area contributed by atoms with Crippen LogP contribution in [0.5, 0.6) is 11.5 Å². The lowest BCUT2D eigenvalue weighted by molar-refractivity contribution is 0.0810. The molecule has 2 aromatic carbocycles. The van der Waals surface area contributed by atoms with Crippen molar-refractivity contribution in [2.45, 2.75) is 19.4 Å². The minimum Gasteiger partial charge on any atom is -0.507 e. The van der Waals surface area contributed by atoms with Gasteiger partial charge in [-0.1, -0.05) is 29.8 Å². The normalized spacial score (nSPS) is 18.1. The Labute approximate surface area is 153 Å². The molecule has 25 heavy (non-hydrogen) atoms. The molecule has 0 aliphatic carbocycles. The molecule has 1 aliphatic rings. The third-order valence-corrected chi connectivity index (χ3v) is 4.93. The summed E-state index contributed by atoms with van der Waals surface area (Å²) in [5.74, 6) is 0.978. The SMILES string of the molecule is COc1cccc(O)c1CN1CCCC(C(=O)c2cccc(Cl)c2)C1. The van der Waals surface area contributed by atoms with Gasteiger partial charge in [0.2, 0.25) is 0 Å². The third-order valence-electron chi connectivity index (χ3n) is 4.70. The number of piperidine rings is 1. The van der Waals surface area contributed by atoms with E-state index in [0.717, 1.165) is 24.9 Å². The van der Waals surface area contributed by atoms with Crippen molar-refractivity contribution in [1.29, 1.82) is 0 Å². The van der Waals surface area contributed by atoms with Crippen LogP contribution in [-0.2, 0) is 6.54 Å². The number of phenols is 1. The Kier molecular flexibility index (Phi) is 5.61. The van der Waals surface area contributed by atoms with Crippen molar-refractivity contribution in [3.05, 3.63) is 58.6 Å². The zero-order valence-corrected chi connectivity index (χ0v) is 15.0. The fraction of sp³-hybridized carbons (Fsp3) is 0.350. The van der Waals surface area contributed by atoms with Gasteiger partial charge in [0.1, 0.15) is 11.5 Å². The molecular weight excluding hydrogens is 338 g/mol. The molecule has 4 nitrogen and oxygen atoms in total. The lowest BCUT2D eigenvalue weighted by atomic mass is 9.89. The summed E-state index contributed by atoms with van der Waals surface area (Å²) >= 11 is 6.01. The molecule has 0 saturated carbocycles. The molecule has 132 valence electrons. The summed E-state index contributed by atoms with van der Waals surface area (Å²) in [5, 5.41) is 10.7. The monoisotopic (exact) mass is 359 g/mol. The lowest BCUT2D eigenvalue weighted by Crippen LogP contribution is -2.38. The maximum atomic E-state index is 12.8. The number of ketones is 1. The Balaban J connectivity index is 1.73. The number of halogens is 1. The van der Waals surface area contributed by atoms with E-state index in [2.05, 4.69) is 4.90 Å². The van der Waals surface area contributed by atoms with E-state index in [9.17, 15) is 9.90 Å². The molecule has 1 heterocycles. The number of carbonyl (C=O) groups excluding carboxylic acids is 1. The van der Waals surface area contributed by atoms with E-state index >= 15 is 0 Å². The second-order valence-corrected chi connectivity index (χ2v) is 6.84. The van der Waals surface area contributed by atoms with Crippen molar-refractivity contribution in [3.63, 3.8) is 0 Å². The molecule has 1 saturated heterocycles. The van der Waals surface area contributed by atoms with Crippen LogP contribution in [0.25, 0.3) is 0 Å². The lowest BCUT2D eigenvalue weighted by Gasteiger charge is -2.32. The zero-order chi connectivity index (χ0) is 17.8. The van der Waals surface area contributed by atoms with Crippen LogP contribution in [0.1, 0.15) is 28.8 Å². The van der Waals surface area contributed by atoms with E-state index in [1.165, 1.54) is 0 Å². The highest BCUT2D eigenvalue weighted by molar-refractivity contribution is 6.31. The van der Waals surface area contributed by atoms with Crippen LogP contribution in [0.4, 0.5) is 0 Å². The first kappa shape index (κ1) is 17.8. The van der Waals surface area contributed by atoms with Crippen molar-refractivity contribution >= 4 is 17.4 Å². The molecule has 0 amide bonds. The summed E-state index contributed by atoms with van der Waals surface area (Å²) in [4.78, 5) is 15.0. The zero-order valence-electron chi connectivity index (χ0n) is 14.2. The smallest absolute Gasteiger partial charge is 0.167 e. The number of Topliss-reactive ketones (excluding diaryl/α,β-unsaturated/α-hetero) is 1. The van der Waals surface area contributed by atoms with Crippen LogP contribution in [0, 0.1) is 5.92 Å². The van der Waals surface area contributed by atoms with Gasteiger partial charge in [-0.2, -0.15) is 0 Å². The maximum absolute atomic E-state index is 12.8.